The Labute approximate surface area is 133 Å². The normalized spacial score (nSPS) is 16.2. The van der Waals surface area contributed by atoms with E-state index in [1.165, 1.54) is 26.0 Å². The van der Waals surface area contributed by atoms with E-state index in [4.69, 9.17) is 4.74 Å². The highest BCUT2D eigenvalue weighted by Gasteiger charge is 2.75. The van der Waals surface area contributed by atoms with E-state index in [1.54, 1.807) is 0 Å². The Morgan fingerprint density at radius 1 is 0.708 bits per heavy atom. The maximum absolute atomic E-state index is 13.9. The van der Waals surface area contributed by atoms with Gasteiger partial charge in [-0.1, -0.05) is 35.4 Å². The third-order valence-corrected chi connectivity index (χ3v) is 4.15. The van der Waals surface area contributed by atoms with Crippen LogP contribution < -0.4 is 4.74 Å². The zero-order valence-electron chi connectivity index (χ0n) is 12.6. The summed E-state index contributed by atoms with van der Waals surface area (Å²) < 4.78 is 89.0. The number of aryl methyl sites for hydroxylation is 2. The second-order valence-electron chi connectivity index (χ2n) is 5.85. The molecule has 0 amide bonds. The summed E-state index contributed by atoms with van der Waals surface area (Å²) in [6, 6.07) is 6.88. The number of alkyl halides is 6. The Kier molecular flexibility index (Phi) is 3.41. The lowest BCUT2D eigenvalue weighted by Crippen LogP contribution is -2.56. The van der Waals surface area contributed by atoms with Crippen molar-refractivity contribution >= 4 is 0 Å². The van der Waals surface area contributed by atoms with Gasteiger partial charge in [0.25, 0.3) is 0 Å². The van der Waals surface area contributed by atoms with Gasteiger partial charge in [0, 0.05) is 11.1 Å². The number of halogens is 6. The van der Waals surface area contributed by atoms with E-state index in [1.807, 2.05) is 0 Å². The smallest absolute Gasteiger partial charge is 0.411 e. The minimum Gasteiger partial charge on any atom is -0.457 e. The first-order valence-corrected chi connectivity index (χ1v) is 7.02. The van der Waals surface area contributed by atoms with Crippen LogP contribution >= 0.6 is 0 Å². The maximum atomic E-state index is 13.9. The molecule has 2 aromatic carbocycles. The van der Waals surface area contributed by atoms with Gasteiger partial charge in [0.1, 0.15) is 11.5 Å². The van der Waals surface area contributed by atoms with Crippen molar-refractivity contribution in [2.45, 2.75) is 31.6 Å². The summed E-state index contributed by atoms with van der Waals surface area (Å²) in [7, 11) is 0. The fourth-order valence-corrected chi connectivity index (χ4v) is 3.09. The molecule has 0 radical (unpaired) electrons. The molecule has 0 unspecified atom stereocenters. The molecule has 1 aliphatic heterocycles. The van der Waals surface area contributed by atoms with Crippen LogP contribution in [0.4, 0.5) is 26.3 Å². The monoisotopic (exact) mass is 346 g/mol. The molecule has 7 heteroatoms. The van der Waals surface area contributed by atoms with Crippen LogP contribution in [0.1, 0.15) is 22.3 Å². The molecule has 0 saturated heterocycles. The first-order valence-electron chi connectivity index (χ1n) is 7.02. The molecule has 128 valence electrons. The van der Waals surface area contributed by atoms with Crippen LogP contribution in [0.15, 0.2) is 36.4 Å². The zero-order chi connectivity index (χ0) is 17.9. The van der Waals surface area contributed by atoms with Crippen LogP contribution in [0.25, 0.3) is 0 Å². The van der Waals surface area contributed by atoms with Crippen LogP contribution in [0.5, 0.6) is 11.5 Å². The first kappa shape index (κ1) is 16.7. The summed E-state index contributed by atoms with van der Waals surface area (Å²) in [5.74, 6) is -0.877. The van der Waals surface area contributed by atoms with Gasteiger partial charge in [0.2, 0.25) is 5.41 Å². The molecule has 1 aliphatic rings. The summed E-state index contributed by atoms with van der Waals surface area (Å²) in [6.07, 6.45) is -11.2. The highest BCUT2D eigenvalue weighted by atomic mass is 19.4. The summed E-state index contributed by atoms with van der Waals surface area (Å²) in [6.45, 7) is 2.87. The van der Waals surface area contributed by atoms with Gasteiger partial charge in [0.05, 0.1) is 0 Å². The number of ether oxygens (including phenoxy) is 1. The van der Waals surface area contributed by atoms with Gasteiger partial charge in [-0.2, -0.15) is 26.3 Å². The first-order chi connectivity index (χ1) is 11.0. The van der Waals surface area contributed by atoms with Gasteiger partial charge < -0.3 is 4.74 Å². The second-order valence-corrected chi connectivity index (χ2v) is 5.85. The number of fused-ring (bicyclic) bond motifs is 2. The number of rotatable bonds is 0. The number of benzene rings is 2. The predicted molar refractivity (Wildman–Crippen MR) is 75.3 cm³/mol. The molecule has 0 saturated carbocycles. The lowest BCUT2D eigenvalue weighted by molar-refractivity contribution is -0.290. The van der Waals surface area contributed by atoms with E-state index in [0.29, 0.717) is 0 Å². The van der Waals surface area contributed by atoms with Crippen molar-refractivity contribution < 1.29 is 31.1 Å². The van der Waals surface area contributed by atoms with E-state index in [2.05, 4.69) is 0 Å². The lowest BCUT2D eigenvalue weighted by atomic mass is 9.70. The van der Waals surface area contributed by atoms with Gasteiger partial charge in [0.15, 0.2) is 0 Å². The van der Waals surface area contributed by atoms with Crippen molar-refractivity contribution in [3.8, 4) is 11.5 Å². The van der Waals surface area contributed by atoms with Crippen LogP contribution in [0, 0.1) is 13.8 Å². The van der Waals surface area contributed by atoms with Gasteiger partial charge >= 0.3 is 12.4 Å². The van der Waals surface area contributed by atoms with Gasteiger partial charge in [-0.05, 0) is 26.0 Å². The predicted octanol–water partition coefficient (Wildman–Crippen LogP) is 5.82. The molecule has 0 spiro atoms. The molecule has 0 aliphatic carbocycles. The Hall–Kier alpha value is -2.18. The third kappa shape index (κ3) is 2.10. The minimum atomic E-state index is -5.58. The molecule has 0 N–H and O–H groups in total. The number of hydrogen-bond donors (Lipinski definition) is 0. The van der Waals surface area contributed by atoms with Crippen molar-refractivity contribution in [2.24, 2.45) is 0 Å². The summed E-state index contributed by atoms with van der Waals surface area (Å²) >= 11 is 0. The fourth-order valence-electron chi connectivity index (χ4n) is 3.09. The van der Waals surface area contributed by atoms with E-state index in [-0.39, 0.29) is 11.1 Å². The zero-order valence-corrected chi connectivity index (χ0v) is 12.6. The van der Waals surface area contributed by atoms with E-state index in [9.17, 15) is 26.3 Å². The molecule has 3 rings (SSSR count). The Morgan fingerprint density at radius 2 is 1.08 bits per heavy atom. The average Bonchev–Trinajstić information content (AvgIpc) is 2.42. The van der Waals surface area contributed by atoms with Crippen molar-refractivity contribution in [3.05, 3.63) is 58.7 Å². The van der Waals surface area contributed by atoms with Crippen LogP contribution in [0.3, 0.4) is 0 Å². The molecule has 0 atom stereocenters. The van der Waals surface area contributed by atoms with E-state index < -0.39 is 40.4 Å². The van der Waals surface area contributed by atoms with E-state index in [0.717, 1.165) is 24.3 Å². The van der Waals surface area contributed by atoms with Crippen molar-refractivity contribution in [1.82, 2.24) is 0 Å². The van der Waals surface area contributed by atoms with Crippen molar-refractivity contribution in [2.75, 3.05) is 0 Å². The molecule has 2 aromatic rings. The van der Waals surface area contributed by atoms with Crippen molar-refractivity contribution in [3.63, 3.8) is 0 Å². The summed E-state index contributed by atoms with van der Waals surface area (Å²) in [4.78, 5) is 0. The van der Waals surface area contributed by atoms with Crippen molar-refractivity contribution in [1.29, 1.82) is 0 Å². The lowest BCUT2D eigenvalue weighted by Gasteiger charge is -2.42. The molecular formula is C17H12F6O. The summed E-state index contributed by atoms with van der Waals surface area (Å²) in [5.41, 5.74) is -5.42. The second kappa shape index (κ2) is 4.91. The quantitative estimate of drug-likeness (QED) is 0.546. The van der Waals surface area contributed by atoms with Crippen LogP contribution in [0.2, 0.25) is 0 Å². The largest absolute Gasteiger partial charge is 0.457 e. The van der Waals surface area contributed by atoms with Crippen LogP contribution in [-0.2, 0) is 5.41 Å². The molecule has 0 fully saturated rings. The topological polar surface area (TPSA) is 9.23 Å². The fraction of sp³-hybridized carbons (Fsp3) is 0.294. The van der Waals surface area contributed by atoms with Gasteiger partial charge in [-0.25, -0.2) is 0 Å². The molecule has 1 nitrogen and oxygen atoms in total. The van der Waals surface area contributed by atoms with Gasteiger partial charge in [-0.3, -0.25) is 0 Å². The maximum Gasteiger partial charge on any atom is 0.411 e. The highest BCUT2D eigenvalue weighted by molar-refractivity contribution is 5.61. The Balaban J connectivity index is 2.51. The standard InChI is InChI=1S/C17H12F6O/c1-9-3-5-13-11(7-9)15(16(18,19)20,17(21,22)23)12-8-10(2)4-6-14(12)24-13/h3-8H,1-2H3. The SMILES string of the molecule is Cc1ccc2c(c1)C(C(F)(F)F)(C(F)(F)F)c1cc(C)ccc1O2. The van der Waals surface area contributed by atoms with Crippen LogP contribution in [-0.4, -0.2) is 12.4 Å². The molecule has 24 heavy (non-hydrogen) atoms. The summed E-state index contributed by atoms with van der Waals surface area (Å²) in [5, 5.41) is 0. The van der Waals surface area contributed by atoms with Gasteiger partial charge in [-0.15, -0.1) is 0 Å². The molecule has 1 heterocycles. The highest BCUT2D eigenvalue weighted by Crippen LogP contribution is 2.62. The third-order valence-electron chi connectivity index (χ3n) is 4.15. The van der Waals surface area contributed by atoms with E-state index >= 15 is 0 Å². The minimum absolute atomic E-state index is 0.284. The average molecular weight is 346 g/mol. The molecular weight excluding hydrogens is 334 g/mol. The molecule has 0 bridgehead atoms. The molecule has 0 aromatic heterocycles. The Morgan fingerprint density at radius 3 is 1.42 bits per heavy atom. The Bertz CT molecular complexity index is 736. The number of hydrogen-bond acceptors (Lipinski definition) is 1.